The van der Waals surface area contributed by atoms with Gasteiger partial charge in [-0.2, -0.15) is 13.2 Å². The predicted octanol–water partition coefficient (Wildman–Crippen LogP) is 3.97. The third-order valence-electron chi connectivity index (χ3n) is 4.41. The fourth-order valence-electron chi connectivity index (χ4n) is 2.83. The number of aliphatic hydroxyl groups excluding tert-OH is 1. The van der Waals surface area contributed by atoms with E-state index in [2.05, 4.69) is 0 Å². The predicted molar refractivity (Wildman–Crippen MR) is 92.7 cm³/mol. The second kappa shape index (κ2) is 7.56. The van der Waals surface area contributed by atoms with Gasteiger partial charge in [-0.25, -0.2) is 9.18 Å². The Morgan fingerprint density at radius 3 is 2.61 bits per heavy atom. The van der Waals surface area contributed by atoms with Crippen LogP contribution >= 0.6 is 11.8 Å². The fraction of sp³-hybridized carbons (Fsp3) is 0.263. The van der Waals surface area contributed by atoms with Crippen LogP contribution in [0, 0.1) is 11.2 Å². The zero-order valence-corrected chi connectivity index (χ0v) is 15.1. The number of carbonyl (C=O) groups is 2. The Morgan fingerprint density at radius 1 is 1.21 bits per heavy atom. The number of esters is 1. The highest BCUT2D eigenvalue weighted by Gasteiger charge is 2.45. The maximum absolute atomic E-state index is 13.5. The first-order valence-electron chi connectivity index (χ1n) is 8.09. The summed E-state index contributed by atoms with van der Waals surface area (Å²) >= 11 is 1.17. The summed E-state index contributed by atoms with van der Waals surface area (Å²) < 4.78 is 57.7. The topological polar surface area (TPSA) is 63.6 Å². The minimum Gasteiger partial charge on any atom is -0.461 e. The second-order valence-electron chi connectivity index (χ2n) is 6.32. The molecule has 0 aliphatic carbocycles. The molecule has 0 spiro atoms. The van der Waals surface area contributed by atoms with Gasteiger partial charge in [0.1, 0.15) is 17.8 Å². The van der Waals surface area contributed by atoms with Crippen LogP contribution in [0.4, 0.5) is 17.6 Å². The Morgan fingerprint density at radius 2 is 1.93 bits per heavy atom. The number of ether oxygens (including phenoxy) is 1. The minimum absolute atomic E-state index is 0.0369. The van der Waals surface area contributed by atoms with E-state index in [1.54, 1.807) is 0 Å². The molecule has 4 nitrogen and oxygen atoms in total. The number of halogens is 4. The van der Waals surface area contributed by atoms with E-state index in [0.29, 0.717) is 4.90 Å². The van der Waals surface area contributed by atoms with Crippen molar-refractivity contribution in [1.82, 2.24) is 0 Å². The van der Waals surface area contributed by atoms with Crippen LogP contribution in [0.2, 0.25) is 0 Å². The molecule has 28 heavy (non-hydrogen) atoms. The SMILES string of the molecule is O=C(OCC1(CO)CSc2ccc(F)cc2C1=O)c1ccccc1C(F)(F)F. The number of ketones is 1. The fourth-order valence-corrected chi connectivity index (χ4v) is 4.04. The Bertz CT molecular complexity index is 928. The van der Waals surface area contributed by atoms with E-state index in [4.69, 9.17) is 4.74 Å². The molecule has 1 unspecified atom stereocenters. The molecule has 9 heteroatoms. The number of Topliss-reactive ketones (excluding diaryl/α,β-unsaturated/α-hetero) is 1. The molecule has 2 aromatic rings. The molecule has 0 amide bonds. The molecule has 0 saturated heterocycles. The van der Waals surface area contributed by atoms with Gasteiger partial charge in [-0.3, -0.25) is 4.79 Å². The lowest BCUT2D eigenvalue weighted by Crippen LogP contribution is -2.44. The van der Waals surface area contributed by atoms with E-state index in [1.165, 1.54) is 30.0 Å². The van der Waals surface area contributed by atoms with E-state index in [9.17, 15) is 32.3 Å². The first-order valence-corrected chi connectivity index (χ1v) is 9.08. The quantitative estimate of drug-likeness (QED) is 0.606. The number of aliphatic hydroxyl groups is 1. The van der Waals surface area contributed by atoms with Crippen molar-refractivity contribution in [3.63, 3.8) is 0 Å². The Kier molecular flexibility index (Phi) is 5.49. The number of hydrogen-bond acceptors (Lipinski definition) is 5. The van der Waals surface area contributed by atoms with Crippen LogP contribution in [-0.4, -0.2) is 35.8 Å². The standard InChI is InChI=1S/C19H14F4O4S/c20-11-5-6-15-13(7-11)16(25)18(8-24,10-28-15)9-27-17(26)12-3-1-2-4-14(12)19(21,22)23/h1-7,24H,8-10H2. The highest BCUT2D eigenvalue weighted by molar-refractivity contribution is 7.99. The van der Waals surface area contributed by atoms with E-state index in [0.717, 1.165) is 24.3 Å². The summed E-state index contributed by atoms with van der Waals surface area (Å²) in [5.41, 5.74) is -3.37. The van der Waals surface area contributed by atoms with Gasteiger partial charge in [0.25, 0.3) is 0 Å². The molecule has 0 fully saturated rings. The van der Waals surface area contributed by atoms with Gasteiger partial charge in [0.05, 0.1) is 17.7 Å². The number of thioether (sulfide) groups is 1. The van der Waals surface area contributed by atoms with E-state index >= 15 is 0 Å². The summed E-state index contributed by atoms with van der Waals surface area (Å²) in [5, 5.41) is 9.77. The van der Waals surface area contributed by atoms with E-state index in [1.807, 2.05) is 0 Å². The van der Waals surface area contributed by atoms with Crippen molar-refractivity contribution in [2.45, 2.75) is 11.1 Å². The summed E-state index contributed by atoms with van der Waals surface area (Å²) in [6.07, 6.45) is -4.75. The van der Waals surface area contributed by atoms with Crippen LogP contribution in [0.25, 0.3) is 0 Å². The Balaban J connectivity index is 1.84. The highest BCUT2D eigenvalue weighted by atomic mass is 32.2. The molecule has 1 aliphatic rings. The molecule has 0 radical (unpaired) electrons. The highest BCUT2D eigenvalue weighted by Crippen LogP contribution is 2.40. The maximum Gasteiger partial charge on any atom is 0.417 e. The van der Waals surface area contributed by atoms with Crippen LogP contribution < -0.4 is 0 Å². The average Bonchev–Trinajstić information content (AvgIpc) is 2.67. The van der Waals surface area contributed by atoms with Crippen LogP contribution in [0.5, 0.6) is 0 Å². The monoisotopic (exact) mass is 414 g/mol. The summed E-state index contributed by atoms with van der Waals surface area (Å²) in [6, 6.07) is 7.77. The molecular weight excluding hydrogens is 400 g/mol. The molecule has 1 N–H and O–H groups in total. The molecule has 0 aromatic heterocycles. The van der Waals surface area contributed by atoms with Crippen LogP contribution in [0.15, 0.2) is 47.4 Å². The number of alkyl halides is 3. The van der Waals surface area contributed by atoms with E-state index < -0.39 is 53.5 Å². The summed E-state index contributed by atoms with van der Waals surface area (Å²) in [7, 11) is 0. The van der Waals surface area contributed by atoms with Crippen LogP contribution in [0.3, 0.4) is 0 Å². The third kappa shape index (κ3) is 3.77. The molecule has 2 aromatic carbocycles. The molecule has 1 heterocycles. The van der Waals surface area contributed by atoms with Gasteiger partial charge in [0.15, 0.2) is 5.78 Å². The summed E-state index contributed by atoms with van der Waals surface area (Å²) in [4.78, 5) is 25.5. The van der Waals surface area contributed by atoms with Crippen molar-refractivity contribution >= 4 is 23.5 Å². The molecule has 0 bridgehead atoms. The Labute approximate surface area is 161 Å². The van der Waals surface area contributed by atoms with Gasteiger partial charge >= 0.3 is 12.1 Å². The van der Waals surface area contributed by atoms with Gasteiger partial charge in [-0.1, -0.05) is 12.1 Å². The zero-order chi connectivity index (χ0) is 20.5. The lowest BCUT2D eigenvalue weighted by Gasteiger charge is -2.34. The van der Waals surface area contributed by atoms with Gasteiger partial charge in [-0.05, 0) is 30.3 Å². The maximum atomic E-state index is 13.5. The minimum atomic E-state index is -4.75. The summed E-state index contributed by atoms with van der Waals surface area (Å²) in [5.74, 6) is -2.49. The van der Waals surface area contributed by atoms with Crippen molar-refractivity contribution in [1.29, 1.82) is 0 Å². The van der Waals surface area contributed by atoms with E-state index in [-0.39, 0.29) is 11.3 Å². The lowest BCUT2D eigenvalue weighted by atomic mass is 9.83. The number of fused-ring (bicyclic) bond motifs is 1. The molecule has 0 saturated carbocycles. The number of carbonyl (C=O) groups excluding carboxylic acids is 2. The number of rotatable bonds is 4. The van der Waals surface area contributed by atoms with Crippen LogP contribution in [0.1, 0.15) is 26.3 Å². The van der Waals surface area contributed by atoms with Crippen molar-refractivity contribution in [3.8, 4) is 0 Å². The Hall–Kier alpha value is -2.39. The normalized spacial score (nSPS) is 19.2. The zero-order valence-electron chi connectivity index (χ0n) is 14.3. The summed E-state index contributed by atoms with van der Waals surface area (Å²) in [6.45, 7) is -1.33. The smallest absolute Gasteiger partial charge is 0.417 e. The van der Waals surface area contributed by atoms with Crippen molar-refractivity contribution in [2.24, 2.45) is 5.41 Å². The second-order valence-corrected chi connectivity index (χ2v) is 7.33. The molecular formula is C19H14F4O4S. The number of hydrogen-bond donors (Lipinski definition) is 1. The number of benzene rings is 2. The molecule has 1 aliphatic heterocycles. The van der Waals surface area contributed by atoms with Crippen molar-refractivity contribution in [2.75, 3.05) is 19.0 Å². The molecule has 3 rings (SSSR count). The van der Waals surface area contributed by atoms with Gasteiger partial charge in [0, 0.05) is 16.2 Å². The van der Waals surface area contributed by atoms with Gasteiger partial charge in [0.2, 0.25) is 0 Å². The largest absolute Gasteiger partial charge is 0.461 e. The van der Waals surface area contributed by atoms with Crippen LogP contribution in [-0.2, 0) is 10.9 Å². The lowest BCUT2D eigenvalue weighted by molar-refractivity contribution is -0.138. The average molecular weight is 414 g/mol. The van der Waals surface area contributed by atoms with Crippen molar-refractivity contribution < 1.29 is 37.0 Å². The first kappa shape index (κ1) is 20.3. The molecule has 1 atom stereocenters. The van der Waals surface area contributed by atoms with Gasteiger partial charge in [-0.15, -0.1) is 11.8 Å². The third-order valence-corrected chi connectivity index (χ3v) is 5.77. The van der Waals surface area contributed by atoms with Gasteiger partial charge < -0.3 is 9.84 Å². The van der Waals surface area contributed by atoms with Crippen molar-refractivity contribution in [3.05, 3.63) is 65.0 Å². The first-order chi connectivity index (χ1) is 13.2. The molecule has 148 valence electrons.